The Morgan fingerprint density at radius 1 is 1.42 bits per heavy atom. The van der Waals surface area contributed by atoms with Crippen LogP contribution in [0.25, 0.3) is 0 Å². The largest absolute Gasteiger partial charge is 0.492 e. The number of nitrogens with zero attached hydrogens (tertiary/aromatic N) is 1. The minimum absolute atomic E-state index is 0.0357. The highest BCUT2D eigenvalue weighted by atomic mass is 16.5. The van der Waals surface area contributed by atoms with Crippen LogP contribution in [0.2, 0.25) is 0 Å². The van der Waals surface area contributed by atoms with Gasteiger partial charge in [-0.05, 0) is 36.9 Å². The van der Waals surface area contributed by atoms with Gasteiger partial charge in [-0.15, -0.1) is 0 Å². The third kappa shape index (κ3) is 2.45. The van der Waals surface area contributed by atoms with Crippen molar-refractivity contribution >= 4 is 5.91 Å². The summed E-state index contributed by atoms with van der Waals surface area (Å²) < 4.78 is 5.70. The fourth-order valence-electron chi connectivity index (χ4n) is 2.97. The van der Waals surface area contributed by atoms with E-state index >= 15 is 0 Å². The molecule has 2 unspecified atom stereocenters. The van der Waals surface area contributed by atoms with Gasteiger partial charge in [0.15, 0.2) is 0 Å². The Bertz CT molecular complexity index is 475. The Balaban J connectivity index is 1.66. The van der Waals surface area contributed by atoms with Crippen LogP contribution in [0.5, 0.6) is 5.75 Å². The summed E-state index contributed by atoms with van der Waals surface area (Å²) in [6.45, 7) is 2.83. The number of fused-ring (bicyclic) bond motifs is 1. The first-order valence-corrected chi connectivity index (χ1v) is 6.97. The van der Waals surface area contributed by atoms with E-state index in [1.807, 2.05) is 29.2 Å². The van der Waals surface area contributed by atoms with Gasteiger partial charge in [0.05, 0.1) is 5.92 Å². The van der Waals surface area contributed by atoms with Gasteiger partial charge in [-0.3, -0.25) is 4.79 Å². The van der Waals surface area contributed by atoms with E-state index in [-0.39, 0.29) is 11.8 Å². The summed E-state index contributed by atoms with van der Waals surface area (Å²) in [4.78, 5) is 14.4. The number of carbonyl (C=O) groups excluding carboxylic acids is 1. The van der Waals surface area contributed by atoms with E-state index in [4.69, 9.17) is 10.5 Å². The number of para-hydroxylation sites is 1. The monoisotopic (exact) mass is 260 g/mol. The molecule has 1 aromatic carbocycles. The van der Waals surface area contributed by atoms with E-state index < -0.39 is 0 Å². The number of ether oxygens (including phenoxy) is 1. The van der Waals surface area contributed by atoms with Gasteiger partial charge < -0.3 is 15.4 Å². The molecule has 1 fully saturated rings. The molecule has 2 heterocycles. The number of nitrogens with two attached hydrogens (primary N) is 1. The second kappa shape index (κ2) is 5.21. The molecule has 0 aliphatic carbocycles. The van der Waals surface area contributed by atoms with Crippen LogP contribution < -0.4 is 10.5 Å². The molecule has 2 aliphatic rings. The first-order chi connectivity index (χ1) is 9.28. The normalized spacial score (nSPS) is 25.8. The average Bonchev–Trinajstić information content (AvgIpc) is 2.95. The molecule has 4 nitrogen and oxygen atoms in total. The number of rotatable bonds is 2. The topological polar surface area (TPSA) is 55.6 Å². The van der Waals surface area contributed by atoms with Gasteiger partial charge in [0.1, 0.15) is 12.4 Å². The molecule has 0 bridgehead atoms. The van der Waals surface area contributed by atoms with Crippen molar-refractivity contribution in [3.05, 3.63) is 29.8 Å². The Hall–Kier alpha value is -1.55. The van der Waals surface area contributed by atoms with Crippen molar-refractivity contribution in [3.8, 4) is 5.75 Å². The molecule has 2 aliphatic heterocycles. The number of hydrogen-bond acceptors (Lipinski definition) is 3. The van der Waals surface area contributed by atoms with Gasteiger partial charge in [0, 0.05) is 13.1 Å². The summed E-state index contributed by atoms with van der Waals surface area (Å²) in [7, 11) is 0. The van der Waals surface area contributed by atoms with Gasteiger partial charge in [0.2, 0.25) is 5.91 Å². The van der Waals surface area contributed by atoms with E-state index in [0.29, 0.717) is 19.1 Å². The molecule has 102 valence electrons. The van der Waals surface area contributed by atoms with Crippen molar-refractivity contribution < 1.29 is 9.53 Å². The first-order valence-electron chi connectivity index (χ1n) is 6.97. The fraction of sp³-hybridized carbons (Fsp3) is 0.533. The van der Waals surface area contributed by atoms with E-state index in [9.17, 15) is 4.79 Å². The van der Waals surface area contributed by atoms with Crippen molar-refractivity contribution in [3.63, 3.8) is 0 Å². The van der Waals surface area contributed by atoms with Crippen molar-refractivity contribution in [2.45, 2.75) is 12.8 Å². The van der Waals surface area contributed by atoms with Crippen LogP contribution in [0.1, 0.15) is 12.0 Å². The van der Waals surface area contributed by atoms with Crippen LogP contribution in [-0.2, 0) is 11.2 Å². The Labute approximate surface area is 113 Å². The van der Waals surface area contributed by atoms with Crippen LogP contribution in [0.4, 0.5) is 0 Å². The summed E-state index contributed by atoms with van der Waals surface area (Å²) >= 11 is 0. The standard InChI is InChI=1S/C15H20N2O2/c16-8-11-5-6-17(9-11)15(18)13-7-12-3-1-2-4-14(12)19-10-13/h1-4,11,13H,5-10,16H2. The van der Waals surface area contributed by atoms with Crippen LogP contribution in [0, 0.1) is 11.8 Å². The number of carbonyl (C=O) groups is 1. The third-order valence-electron chi connectivity index (χ3n) is 4.16. The molecular weight excluding hydrogens is 240 g/mol. The van der Waals surface area contributed by atoms with Gasteiger partial charge in [-0.2, -0.15) is 0 Å². The molecule has 0 aromatic heterocycles. The maximum absolute atomic E-state index is 12.5. The van der Waals surface area contributed by atoms with E-state index in [2.05, 4.69) is 0 Å². The summed E-state index contributed by atoms with van der Waals surface area (Å²) in [5.41, 5.74) is 6.82. The average molecular weight is 260 g/mol. The molecule has 2 N–H and O–H groups in total. The Morgan fingerprint density at radius 3 is 3.05 bits per heavy atom. The third-order valence-corrected chi connectivity index (χ3v) is 4.16. The maximum Gasteiger partial charge on any atom is 0.229 e. The van der Waals surface area contributed by atoms with Crippen molar-refractivity contribution in [2.75, 3.05) is 26.2 Å². The van der Waals surface area contributed by atoms with Crippen molar-refractivity contribution in [1.29, 1.82) is 0 Å². The predicted molar refractivity (Wildman–Crippen MR) is 72.9 cm³/mol. The van der Waals surface area contributed by atoms with Gasteiger partial charge >= 0.3 is 0 Å². The zero-order valence-electron chi connectivity index (χ0n) is 11.0. The zero-order chi connectivity index (χ0) is 13.2. The SMILES string of the molecule is NCC1CCN(C(=O)C2COc3ccccc3C2)C1. The molecule has 2 atom stereocenters. The lowest BCUT2D eigenvalue weighted by atomic mass is 9.95. The Morgan fingerprint density at radius 2 is 2.26 bits per heavy atom. The van der Waals surface area contributed by atoms with E-state index in [0.717, 1.165) is 37.2 Å². The second-order valence-electron chi connectivity index (χ2n) is 5.49. The molecule has 1 saturated heterocycles. The molecule has 4 heteroatoms. The fourth-order valence-corrected chi connectivity index (χ4v) is 2.97. The Kier molecular flexibility index (Phi) is 3.42. The maximum atomic E-state index is 12.5. The highest BCUT2D eigenvalue weighted by molar-refractivity contribution is 5.80. The lowest BCUT2D eigenvalue weighted by molar-refractivity contribution is -0.135. The number of benzene rings is 1. The molecule has 1 amide bonds. The van der Waals surface area contributed by atoms with Crippen LogP contribution in [-0.4, -0.2) is 37.0 Å². The van der Waals surface area contributed by atoms with Gasteiger partial charge in [-0.1, -0.05) is 18.2 Å². The van der Waals surface area contributed by atoms with E-state index in [1.54, 1.807) is 0 Å². The molecule has 0 spiro atoms. The first kappa shape index (κ1) is 12.5. The smallest absolute Gasteiger partial charge is 0.229 e. The second-order valence-corrected chi connectivity index (χ2v) is 5.49. The van der Waals surface area contributed by atoms with Crippen LogP contribution in [0.15, 0.2) is 24.3 Å². The van der Waals surface area contributed by atoms with Crippen LogP contribution >= 0.6 is 0 Å². The summed E-state index contributed by atoms with van der Waals surface area (Å²) in [5, 5.41) is 0. The minimum atomic E-state index is -0.0357. The molecule has 0 radical (unpaired) electrons. The molecule has 1 aromatic rings. The van der Waals surface area contributed by atoms with Crippen molar-refractivity contribution in [1.82, 2.24) is 4.90 Å². The van der Waals surface area contributed by atoms with Crippen LogP contribution in [0.3, 0.4) is 0 Å². The summed E-state index contributed by atoms with van der Waals surface area (Å²) in [5.74, 6) is 1.59. The van der Waals surface area contributed by atoms with Crippen molar-refractivity contribution in [2.24, 2.45) is 17.6 Å². The highest BCUT2D eigenvalue weighted by Crippen LogP contribution is 2.28. The lowest BCUT2D eigenvalue weighted by Crippen LogP contribution is -2.40. The zero-order valence-corrected chi connectivity index (χ0v) is 11.0. The predicted octanol–water partition coefficient (Wildman–Crippen LogP) is 1.04. The highest BCUT2D eigenvalue weighted by Gasteiger charge is 2.33. The van der Waals surface area contributed by atoms with Gasteiger partial charge in [0.25, 0.3) is 0 Å². The molecule has 19 heavy (non-hydrogen) atoms. The number of hydrogen-bond donors (Lipinski definition) is 1. The summed E-state index contributed by atoms with van der Waals surface area (Å²) in [6.07, 6.45) is 1.82. The minimum Gasteiger partial charge on any atom is -0.492 e. The molecular formula is C15H20N2O2. The number of likely N-dealkylation sites (tertiary alicyclic amines) is 1. The van der Waals surface area contributed by atoms with E-state index in [1.165, 1.54) is 0 Å². The quantitative estimate of drug-likeness (QED) is 0.864. The number of amides is 1. The molecule has 0 saturated carbocycles. The molecule has 3 rings (SSSR count). The lowest BCUT2D eigenvalue weighted by Gasteiger charge is -2.28. The van der Waals surface area contributed by atoms with Gasteiger partial charge in [-0.25, -0.2) is 0 Å². The summed E-state index contributed by atoms with van der Waals surface area (Å²) in [6, 6.07) is 7.97.